The van der Waals surface area contributed by atoms with Gasteiger partial charge in [-0.25, -0.2) is 0 Å². The number of alkyl halides is 1. The molecule has 0 amide bonds. The molecule has 1 fully saturated rings. The second-order valence-electron chi connectivity index (χ2n) is 3.96. The third-order valence-corrected chi connectivity index (χ3v) is 3.19. The van der Waals surface area contributed by atoms with Gasteiger partial charge in [0.15, 0.2) is 17.3 Å². The number of benzene rings is 1. The van der Waals surface area contributed by atoms with E-state index in [1.165, 1.54) is 0 Å². The van der Waals surface area contributed by atoms with Crippen molar-refractivity contribution in [3.8, 4) is 11.5 Å². The molecular weight excluding hydrogens is 256 g/mol. The van der Waals surface area contributed by atoms with E-state index in [0.29, 0.717) is 37.0 Å². The summed E-state index contributed by atoms with van der Waals surface area (Å²) < 4.78 is 22.0. The minimum Gasteiger partial charge on any atom is -0.493 e. The Labute approximate surface area is 112 Å². The highest BCUT2D eigenvalue weighted by Crippen LogP contribution is 2.39. The van der Waals surface area contributed by atoms with E-state index in [-0.39, 0.29) is 0 Å². The standard InChI is InChI=1S/C13H17ClO4/c1-15-11-4-3-10(9-12(11)16-2)13(5-6-14)17-7-8-18-13/h3-4,9H,5-8H2,1-2H3. The lowest BCUT2D eigenvalue weighted by molar-refractivity contribution is -0.167. The van der Waals surface area contributed by atoms with E-state index < -0.39 is 5.79 Å². The first-order valence-corrected chi connectivity index (χ1v) is 6.35. The number of hydrogen-bond donors (Lipinski definition) is 0. The molecule has 1 aromatic carbocycles. The van der Waals surface area contributed by atoms with E-state index >= 15 is 0 Å². The van der Waals surface area contributed by atoms with Gasteiger partial charge in [-0.3, -0.25) is 0 Å². The molecule has 0 atom stereocenters. The van der Waals surface area contributed by atoms with Crippen molar-refractivity contribution in [2.75, 3.05) is 33.3 Å². The van der Waals surface area contributed by atoms with Gasteiger partial charge in [0.05, 0.1) is 27.4 Å². The quantitative estimate of drug-likeness (QED) is 0.772. The molecule has 5 heteroatoms. The molecule has 1 saturated heterocycles. The molecule has 0 aliphatic carbocycles. The molecule has 4 nitrogen and oxygen atoms in total. The van der Waals surface area contributed by atoms with E-state index in [1.54, 1.807) is 14.2 Å². The summed E-state index contributed by atoms with van der Waals surface area (Å²) in [6.45, 7) is 1.15. The predicted octanol–water partition coefficient (Wildman–Crippen LogP) is 2.53. The Morgan fingerprint density at radius 2 is 1.83 bits per heavy atom. The summed E-state index contributed by atoms with van der Waals surface area (Å²) in [5.41, 5.74) is 0.901. The molecule has 1 aliphatic rings. The summed E-state index contributed by atoms with van der Waals surface area (Å²) in [5.74, 6) is 1.05. The summed E-state index contributed by atoms with van der Waals surface area (Å²) >= 11 is 5.84. The lowest BCUT2D eigenvalue weighted by Crippen LogP contribution is -2.27. The number of halogens is 1. The number of methoxy groups -OCH3 is 2. The Balaban J connectivity index is 2.36. The molecule has 1 aliphatic heterocycles. The molecule has 0 aromatic heterocycles. The van der Waals surface area contributed by atoms with E-state index in [0.717, 1.165) is 5.56 Å². The number of rotatable bonds is 5. The van der Waals surface area contributed by atoms with Crippen LogP contribution in [0.4, 0.5) is 0 Å². The highest BCUT2D eigenvalue weighted by molar-refractivity contribution is 6.17. The zero-order valence-electron chi connectivity index (χ0n) is 10.6. The Hall–Kier alpha value is -0.970. The van der Waals surface area contributed by atoms with Crippen molar-refractivity contribution in [1.82, 2.24) is 0 Å². The summed E-state index contributed by atoms with van der Waals surface area (Å²) in [4.78, 5) is 0. The van der Waals surface area contributed by atoms with Gasteiger partial charge in [-0.05, 0) is 18.2 Å². The number of ether oxygens (including phenoxy) is 4. The Bertz CT molecular complexity index is 402. The molecule has 0 unspecified atom stereocenters. The fraction of sp³-hybridized carbons (Fsp3) is 0.538. The van der Waals surface area contributed by atoms with Crippen LogP contribution in [0.3, 0.4) is 0 Å². The Morgan fingerprint density at radius 1 is 1.17 bits per heavy atom. The molecule has 2 rings (SSSR count). The topological polar surface area (TPSA) is 36.9 Å². The normalized spacial score (nSPS) is 17.7. The Kier molecular flexibility index (Phi) is 4.32. The predicted molar refractivity (Wildman–Crippen MR) is 68.5 cm³/mol. The summed E-state index contributed by atoms with van der Waals surface area (Å²) in [5, 5.41) is 0. The Morgan fingerprint density at radius 3 is 2.39 bits per heavy atom. The lowest BCUT2D eigenvalue weighted by Gasteiger charge is -2.27. The van der Waals surface area contributed by atoms with Gasteiger partial charge in [-0.2, -0.15) is 0 Å². The average Bonchev–Trinajstić information content (AvgIpc) is 2.88. The maximum Gasteiger partial charge on any atom is 0.196 e. The van der Waals surface area contributed by atoms with Crippen LogP contribution >= 0.6 is 11.6 Å². The zero-order valence-corrected chi connectivity index (χ0v) is 11.3. The first kappa shape index (κ1) is 13.5. The van der Waals surface area contributed by atoms with Crippen LogP contribution in [0.15, 0.2) is 18.2 Å². The molecule has 1 aromatic rings. The molecule has 0 N–H and O–H groups in total. The van der Waals surface area contributed by atoms with E-state index in [1.807, 2.05) is 18.2 Å². The van der Waals surface area contributed by atoms with Crippen LogP contribution < -0.4 is 9.47 Å². The molecule has 100 valence electrons. The van der Waals surface area contributed by atoms with Crippen molar-refractivity contribution in [3.05, 3.63) is 23.8 Å². The van der Waals surface area contributed by atoms with Gasteiger partial charge >= 0.3 is 0 Å². The smallest absolute Gasteiger partial charge is 0.196 e. The minimum atomic E-state index is -0.749. The summed E-state index contributed by atoms with van der Waals surface area (Å²) in [7, 11) is 3.21. The molecule has 1 heterocycles. The molecule has 0 bridgehead atoms. The third-order valence-electron chi connectivity index (χ3n) is 3.00. The molecular formula is C13H17ClO4. The lowest BCUT2D eigenvalue weighted by atomic mass is 10.0. The van der Waals surface area contributed by atoms with Crippen LogP contribution in [0.25, 0.3) is 0 Å². The van der Waals surface area contributed by atoms with Gasteiger partial charge in [0.25, 0.3) is 0 Å². The maximum absolute atomic E-state index is 5.84. The van der Waals surface area contributed by atoms with E-state index in [4.69, 9.17) is 30.5 Å². The van der Waals surface area contributed by atoms with Gasteiger partial charge in [0.1, 0.15) is 0 Å². The van der Waals surface area contributed by atoms with Crippen LogP contribution in [0.1, 0.15) is 12.0 Å². The van der Waals surface area contributed by atoms with Gasteiger partial charge < -0.3 is 18.9 Å². The van der Waals surface area contributed by atoms with Crippen molar-refractivity contribution in [2.45, 2.75) is 12.2 Å². The number of hydrogen-bond acceptors (Lipinski definition) is 4. The van der Waals surface area contributed by atoms with Crippen molar-refractivity contribution in [3.63, 3.8) is 0 Å². The molecule has 0 spiro atoms. The molecule has 0 saturated carbocycles. The summed E-state index contributed by atoms with van der Waals surface area (Å²) in [6, 6.07) is 5.63. The minimum absolute atomic E-state index is 0.467. The maximum atomic E-state index is 5.84. The first-order valence-electron chi connectivity index (χ1n) is 5.82. The van der Waals surface area contributed by atoms with Crippen molar-refractivity contribution in [2.24, 2.45) is 0 Å². The van der Waals surface area contributed by atoms with Crippen molar-refractivity contribution >= 4 is 11.6 Å². The fourth-order valence-electron chi connectivity index (χ4n) is 2.11. The summed E-state index contributed by atoms with van der Waals surface area (Å²) in [6.07, 6.45) is 0.601. The van der Waals surface area contributed by atoms with Gasteiger partial charge in [0, 0.05) is 17.9 Å². The monoisotopic (exact) mass is 272 g/mol. The zero-order chi connectivity index (χ0) is 13.0. The average molecular weight is 273 g/mol. The molecule has 0 radical (unpaired) electrons. The van der Waals surface area contributed by atoms with Crippen LogP contribution in [-0.2, 0) is 15.3 Å². The van der Waals surface area contributed by atoms with Crippen LogP contribution in [0.2, 0.25) is 0 Å². The van der Waals surface area contributed by atoms with Crippen LogP contribution in [0.5, 0.6) is 11.5 Å². The largest absolute Gasteiger partial charge is 0.493 e. The van der Waals surface area contributed by atoms with Gasteiger partial charge in [-0.1, -0.05) is 0 Å². The second-order valence-corrected chi connectivity index (χ2v) is 4.34. The third kappa shape index (κ3) is 2.41. The van der Waals surface area contributed by atoms with E-state index in [9.17, 15) is 0 Å². The van der Waals surface area contributed by atoms with Gasteiger partial charge in [0.2, 0.25) is 0 Å². The highest BCUT2D eigenvalue weighted by atomic mass is 35.5. The van der Waals surface area contributed by atoms with Gasteiger partial charge in [-0.15, -0.1) is 11.6 Å². The van der Waals surface area contributed by atoms with E-state index in [2.05, 4.69) is 0 Å². The fourth-order valence-corrected chi connectivity index (χ4v) is 2.36. The van der Waals surface area contributed by atoms with Crippen molar-refractivity contribution in [1.29, 1.82) is 0 Å². The highest BCUT2D eigenvalue weighted by Gasteiger charge is 2.38. The SMILES string of the molecule is COc1ccc(C2(CCCl)OCCO2)cc1OC. The van der Waals surface area contributed by atoms with Crippen LogP contribution in [-0.4, -0.2) is 33.3 Å². The second kappa shape index (κ2) is 5.78. The van der Waals surface area contributed by atoms with Crippen LogP contribution in [0, 0.1) is 0 Å². The first-order chi connectivity index (χ1) is 8.75. The van der Waals surface area contributed by atoms with Crippen molar-refractivity contribution < 1.29 is 18.9 Å². The molecule has 18 heavy (non-hydrogen) atoms.